The van der Waals surface area contributed by atoms with Gasteiger partial charge in [-0.2, -0.15) is 0 Å². The lowest BCUT2D eigenvalue weighted by Gasteiger charge is -2.16. The molecule has 0 spiro atoms. The van der Waals surface area contributed by atoms with Crippen molar-refractivity contribution in [2.24, 2.45) is 0 Å². The average Bonchev–Trinajstić information content (AvgIpc) is 3.34. The maximum absolute atomic E-state index is 10.8. The molecule has 0 saturated carbocycles. The van der Waals surface area contributed by atoms with Crippen LogP contribution in [-0.4, -0.2) is 22.6 Å². The van der Waals surface area contributed by atoms with Crippen LogP contribution in [-0.2, 0) is 22.5 Å². The third-order valence-electron chi connectivity index (χ3n) is 4.63. The van der Waals surface area contributed by atoms with Crippen LogP contribution < -0.4 is 0 Å². The van der Waals surface area contributed by atoms with Gasteiger partial charge in [0.05, 0.1) is 10.6 Å². The molecule has 4 nitrogen and oxygen atoms in total. The number of aromatic nitrogens is 2. The fourth-order valence-corrected chi connectivity index (χ4v) is 4.33. The average molecular weight is 338 g/mol. The Morgan fingerprint density at radius 3 is 2.96 bits per heavy atom. The summed E-state index contributed by atoms with van der Waals surface area (Å²) in [6.45, 7) is 1.94. The fraction of sp³-hybridized carbons (Fsp3) is 0.263. The molecule has 0 fully saturated rings. The van der Waals surface area contributed by atoms with Crippen LogP contribution in [0.4, 0.5) is 0 Å². The van der Waals surface area contributed by atoms with Crippen molar-refractivity contribution in [3.63, 3.8) is 0 Å². The molecule has 4 rings (SSSR count). The zero-order valence-electron chi connectivity index (χ0n) is 13.2. The molecule has 3 aromatic heterocycles. The van der Waals surface area contributed by atoms with Crippen molar-refractivity contribution in [1.82, 2.24) is 9.55 Å². The number of rotatable bonds is 6. The monoisotopic (exact) mass is 338 g/mol. The van der Waals surface area contributed by atoms with Gasteiger partial charge >= 0.3 is 0 Å². The second-order valence-electron chi connectivity index (χ2n) is 5.93. The number of thiophene rings is 1. The van der Waals surface area contributed by atoms with E-state index in [0.29, 0.717) is 13.1 Å². The maximum atomic E-state index is 10.8. The molecule has 0 radical (unpaired) electrons. The van der Waals surface area contributed by atoms with Crippen molar-refractivity contribution in [3.8, 4) is 10.6 Å². The van der Waals surface area contributed by atoms with Crippen molar-refractivity contribution in [2.75, 3.05) is 6.61 Å². The normalized spacial score (nSPS) is 14.3. The Balaban J connectivity index is 1.81. The second kappa shape index (κ2) is 6.61. The minimum Gasteiger partial charge on any atom is -0.467 e. The molecule has 5 heteroatoms. The topological polar surface area (TPSA) is 44.1 Å². The van der Waals surface area contributed by atoms with Crippen LogP contribution in [0.1, 0.15) is 29.2 Å². The van der Waals surface area contributed by atoms with Crippen molar-refractivity contribution in [1.29, 1.82) is 0 Å². The highest BCUT2D eigenvalue weighted by Crippen LogP contribution is 2.38. The number of nitrogens with zero attached hydrogens (tertiary/aromatic N) is 2. The number of carbonyl (C=O) groups excluding carboxylic acids is 1. The van der Waals surface area contributed by atoms with Crippen LogP contribution in [0.15, 0.2) is 48.1 Å². The molecule has 1 aliphatic rings. The lowest BCUT2D eigenvalue weighted by Crippen LogP contribution is -2.10. The van der Waals surface area contributed by atoms with E-state index in [1.807, 2.05) is 12.1 Å². The Labute approximate surface area is 144 Å². The first-order chi connectivity index (χ1) is 11.9. The predicted molar refractivity (Wildman–Crippen MR) is 94.2 cm³/mol. The zero-order valence-corrected chi connectivity index (χ0v) is 14.0. The summed E-state index contributed by atoms with van der Waals surface area (Å²) in [7, 11) is 0. The van der Waals surface area contributed by atoms with E-state index in [2.05, 4.69) is 33.1 Å². The Morgan fingerprint density at radius 1 is 1.33 bits per heavy atom. The Bertz CT molecular complexity index is 825. The summed E-state index contributed by atoms with van der Waals surface area (Å²) in [5.41, 5.74) is 5.04. The van der Waals surface area contributed by atoms with Crippen LogP contribution in [0.5, 0.6) is 0 Å². The van der Waals surface area contributed by atoms with Crippen molar-refractivity contribution in [3.05, 3.63) is 64.9 Å². The van der Waals surface area contributed by atoms with Gasteiger partial charge in [0.1, 0.15) is 6.61 Å². The van der Waals surface area contributed by atoms with Gasteiger partial charge in [-0.3, -0.25) is 9.78 Å². The lowest BCUT2D eigenvalue weighted by molar-refractivity contribution is -0.128. The van der Waals surface area contributed by atoms with E-state index in [1.165, 1.54) is 28.2 Å². The summed E-state index contributed by atoms with van der Waals surface area (Å²) in [4.78, 5) is 16.2. The maximum Gasteiger partial charge on any atom is 0.293 e. The van der Waals surface area contributed by atoms with Crippen LogP contribution in [0.3, 0.4) is 0 Å². The van der Waals surface area contributed by atoms with Gasteiger partial charge in [-0.15, -0.1) is 11.3 Å². The Morgan fingerprint density at radius 2 is 2.21 bits per heavy atom. The largest absolute Gasteiger partial charge is 0.467 e. The molecular weight excluding hydrogens is 320 g/mol. The van der Waals surface area contributed by atoms with Gasteiger partial charge in [0.25, 0.3) is 6.47 Å². The Kier molecular flexibility index (Phi) is 4.17. The zero-order chi connectivity index (χ0) is 16.4. The van der Waals surface area contributed by atoms with E-state index in [0.717, 1.165) is 18.5 Å². The van der Waals surface area contributed by atoms with Crippen molar-refractivity contribution >= 4 is 17.8 Å². The van der Waals surface area contributed by atoms with Crippen molar-refractivity contribution in [2.45, 2.75) is 25.3 Å². The predicted octanol–water partition coefficient (Wildman–Crippen LogP) is 3.86. The molecular formula is C19H18N2O2S. The van der Waals surface area contributed by atoms with Gasteiger partial charge < -0.3 is 9.30 Å². The minimum atomic E-state index is 0.0475. The first-order valence-corrected chi connectivity index (χ1v) is 8.98. The highest BCUT2D eigenvalue weighted by Gasteiger charge is 2.27. The summed E-state index contributed by atoms with van der Waals surface area (Å²) in [6, 6.07) is 10.5. The first-order valence-electron chi connectivity index (χ1n) is 8.10. The summed E-state index contributed by atoms with van der Waals surface area (Å²) >= 11 is 1.76. The van der Waals surface area contributed by atoms with Gasteiger partial charge in [0.2, 0.25) is 0 Å². The molecule has 122 valence electrons. The number of hydrogen-bond donors (Lipinski definition) is 0. The van der Waals surface area contributed by atoms with E-state index in [-0.39, 0.29) is 5.92 Å². The SMILES string of the molecule is O=COCC(c1ccncc1)c1cc(-c2cccs2)n2c1CCC2. The molecule has 24 heavy (non-hydrogen) atoms. The standard InChI is InChI=1S/C19H18N2O2S/c22-13-23-12-16(14-5-7-20-8-6-14)15-11-18(19-4-2-10-24-19)21-9-1-3-17(15)21/h2,4-8,10-11,13,16H,1,3,9,12H2. The third-order valence-corrected chi connectivity index (χ3v) is 5.52. The molecule has 1 aliphatic heterocycles. The van der Waals surface area contributed by atoms with E-state index in [9.17, 15) is 4.79 Å². The molecule has 1 unspecified atom stereocenters. The smallest absolute Gasteiger partial charge is 0.293 e. The second-order valence-corrected chi connectivity index (χ2v) is 6.87. The van der Waals surface area contributed by atoms with E-state index in [1.54, 1.807) is 23.7 Å². The molecule has 4 heterocycles. The fourth-order valence-electron chi connectivity index (χ4n) is 3.58. The summed E-state index contributed by atoms with van der Waals surface area (Å²) in [5.74, 6) is 0.0475. The van der Waals surface area contributed by atoms with Crippen LogP contribution in [0.25, 0.3) is 10.6 Å². The molecule has 0 aromatic carbocycles. The van der Waals surface area contributed by atoms with E-state index < -0.39 is 0 Å². The summed E-state index contributed by atoms with van der Waals surface area (Å²) in [6.07, 6.45) is 5.82. The van der Waals surface area contributed by atoms with Crippen molar-refractivity contribution < 1.29 is 9.53 Å². The van der Waals surface area contributed by atoms with Gasteiger partial charge in [-0.1, -0.05) is 6.07 Å². The minimum absolute atomic E-state index is 0.0475. The highest BCUT2D eigenvalue weighted by molar-refractivity contribution is 7.13. The van der Waals surface area contributed by atoms with Gasteiger partial charge in [0, 0.05) is 30.6 Å². The van der Waals surface area contributed by atoms with Gasteiger partial charge in [-0.25, -0.2) is 0 Å². The van der Waals surface area contributed by atoms with E-state index in [4.69, 9.17) is 4.74 Å². The lowest BCUT2D eigenvalue weighted by atomic mass is 9.91. The summed E-state index contributed by atoms with van der Waals surface area (Å²) < 4.78 is 7.58. The molecule has 0 N–H and O–H groups in total. The van der Waals surface area contributed by atoms with Crippen LogP contribution >= 0.6 is 11.3 Å². The number of fused-ring (bicyclic) bond motifs is 1. The number of hydrogen-bond acceptors (Lipinski definition) is 4. The molecule has 1 atom stereocenters. The van der Waals surface area contributed by atoms with Crippen LogP contribution in [0, 0.1) is 0 Å². The van der Waals surface area contributed by atoms with E-state index >= 15 is 0 Å². The molecule has 0 amide bonds. The third kappa shape index (κ3) is 2.65. The molecule has 3 aromatic rings. The molecule has 0 saturated heterocycles. The number of carbonyl (C=O) groups is 1. The number of pyridine rings is 1. The Hall–Kier alpha value is -2.40. The summed E-state index contributed by atoms with van der Waals surface area (Å²) in [5, 5.41) is 2.11. The quantitative estimate of drug-likeness (QED) is 0.641. The first kappa shape index (κ1) is 15.1. The number of ether oxygens (including phenoxy) is 1. The van der Waals surface area contributed by atoms with Crippen LogP contribution in [0.2, 0.25) is 0 Å². The molecule has 0 aliphatic carbocycles. The van der Waals surface area contributed by atoms with Gasteiger partial charge in [0.15, 0.2) is 0 Å². The molecule has 0 bridgehead atoms. The highest BCUT2D eigenvalue weighted by atomic mass is 32.1. The van der Waals surface area contributed by atoms with Gasteiger partial charge in [-0.05, 0) is 53.6 Å².